The lowest BCUT2D eigenvalue weighted by Crippen LogP contribution is -2.24. The number of aromatic nitrogens is 1. The molecule has 0 saturated heterocycles. The van der Waals surface area contributed by atoms with Gasteiger partial charge >= 0.3 is 0 Å². The molecule has 0 fully saturated rings. The lowest BCUT2D eigenvalue weighted by Gasteiger charge is -2.10. The highest BCUT2D eigenvalue weighted by Crippen LogP contribution is 2.18. The SMILES string of the molecule is O=C(CCNc1ccc(OCc2ccc(Cl)cc2)cc1)NCc1ccncc1. The summed E-state index contributed by atoms with van der Waals surface area (Å²) >= 11 is 5.88. The van der Waals surface area contributed by atoms with Crippen molar-refractivity contribution in [1.29, 1.82) is 0 Å². The third-order valence-electron chi connectivity index (χ3n) is 4.09. The number of hydrogen-bond acceptors (Lipinski definition) is 4. The number of carbonyl (C=O) groups excluding carboxylic acids is 1. The number of benzene rings is 2. The van der Waals surface area contributed by atoms with Crippen LogP contribution >= 0.6 is 11.6 Å². The fourth-order valence-corrected chi connectivity index (χ4v) is 2.65. The average Bonchev–Trinajstić information content (AvgIpc) is 2.73. The first-order chi connectivity index (χ1) is 13.7. The van der Waals surface area contributed by atoms with Crippen molar-refractivity contribution < 1.29 is 9.53 Å². The van der Waals surface area contributed by atoms with E-state index in [0.717, 1.165) is 22.6 Å². The van der Waals surface area contributed by atoms with Crippen LogP contribution in [0.2, 0.25) is 5.02 Å². The maximum Gasteiger partial charge on any atom is 0.222 e. The summed E-state index contributed by atoms with van der Waals surface area (Å²) < 4.78 is 5.76. The molecule has 3 aromatic rings. The highest BCUT2D eigenvalue weighted by molar-refractivity contribution is 6.30. The third-order valence-corrected chi connectivity index (χ3v) is 4.35. The highest BCUT2D eigenvalue weighted by Gasteiger charge is 2.02. The fourth-order valence-electron chi connectivity index (χ4n) is 2.53. The average molecular weight is 396 g/mol. The third kappa shape index (κ3) is 6.59. The van der Waals surface area contributed by atoms with Gasteiger partial charge in [-0.05, 0) is 59.7 Å². The molecule has 6 heteroatoms. The van der Waals surface area contributed by atoms with Gasteiger partial charge in [0.1, 0.15) is 12.4 Å². The van der Waals surface area contributed by atoms with Crippen LogP contribution in [0.1, 0.15) is 17.5 Å². The molecule has 0 spiro atoms. The van der Waals surface area contributed by atoms with Gasteiger partial charge in [0.25, 0.3) is 0 Å². The summed E-state index contributed by atoms with van der Waals surface area (Å²) in [5.41, 5.74) is 3.04. The molecule has 0 atom stereocenters. The molecule has 0 unspecified atom stereocenters. The van der Waals surface area contributed by atoms with E-state index in [-0.39, 0.29) is 5.91 Å². The number of pyridine rings is 1. The van der Waals surface area contributed by atoms with Crippen LogP contribution in [-0.4, -0.2) is 17.4 Å². The van der Waals surface area contributed by atoms with Crippen molar-refractivity contribution in [2.24, 2.45) is 0 Å². The summed E-state index contributed by atoms with van der Waals surface area (Å²) in [6, 6.07) is 19.0. The van der Waals surface area contributed by atoms with Crippen molar-refractivity contribution in [2.45, 2.75) is 19.6 Å². The number of carbonyl (C=O) groups is 1. The molecule has 0 aliphatic carbocycles. The number of halogens is 1. The Balaban J connectivity index is 1.35. The van der Waals surface area contributed by atoms with Crippen LogP contribution in [0.25, 0.3) is 0 Å². The summed E-state index contributed by atoms with van der Waals surface area (Å²) in [7, 11) is 0. The predicted octanol–water partition coefficient (Wildman–Crippen LogP) is 4.43. The van der Waals surface area contributed by atoms with E-state index in [1.807, 2.05) is 60.7 Å². The Morgan fingerprint density at radius 2 is 1.64 bits per heavy atom. The van der Waals surface area contributed by atoms with Gasteiger partial charge in [-0.3, -0.25) is 9.78 Å². The first-order valence-corrected chi connectivity index (χ1v) is 9.43. The Morgan fingerprint density at radius 1 is 0.929 bits per heavy atom. The van der Waals surface area contributed by atoms with Crippen LogP contribution in [-0.2, 0) is 17.9 Å². The lowest BCUT2D eigenvalue weighted by molar-refractivity contribution is -0.121. The van der Waals surface area contributed by atoms with Gasteiger partial charge in [-0.25, -0.2) is 0 Å². The van der Waals surface area contributed by atoms with Gasteiger partial charge in [0, 0.05) is 42.6 Å². The molecule has 3 rings (SSSR count). The smallest absolute Gasteiger partial charge is 0.222 e. The molecule has 2 aromatic carbocycles. The number of rotatable bonds is 9. The van der Waals surface area contributed by atoms with Crippen LogP contribution in [0.3, 0.4) is 0 Å². The van der Waals surface area contributed by atoms with Crippen molar-refractivity contribution >= 4 is 23.2 Å². The summed E-state index contributed by atoms with van der Waals surface area (Å²) in [5, 5.41) is 6.85. The van der Waals surface area contributed by atoms with E-state index in [1.54, 1.807) is 12.4 Å². The zero-order valence-corrected chi connectivity index (χ0v) is 16.2. The van der Waals surface area contributed by atoms with Gasteiger partial charge in [-0.2, -0.15) is 0 Å². The minimum atomic E-state index is 0.00669. The van der Waals surface area contributed by atoms with Gasteiger partial charge < -0.3 is 15.4 Å². The fraction of sp³-hybridized carbons (Fsp3) is 0.182. The molecule has 1 amide bonds. The number of ether oxygens (including phenoxy) is 1. The molecule has 0 bridgehead atoms. The molecule has 28 heavy (non-hydrogen) atoms. The summed E-state index contributed by atoms with van der Waals surface area (Å²) in [4.78, 5) is 15.9. The van der Waals surface area contributed by atoms with Crippen molar-refractivity contribution in [3.8, 4) is 5.75 Å². The summed E-state index contributed by atoms with van der Waals surface area (Å²) in [6.07, 6.45) is 3.83. The normalized spacial score (nSPS) is 10.3. The van der Waals surface area contributed by atoms with Crippen molar-refractivity contribution in [3.05, 3.63) is 89.2 Å². The van der Waals surface area contributed by atoms with Crippen molar-refractivity contribution in [2.75, 3.05) is 11.9 Å². The van der Waals surface area contributed by atoms with E-state index in [4.69, 9.17) is 16.3 Å². The second kappa shape index (κ2) is 10.3. The minimum Gasteiger partial charge on any atom is -0.489 e. The molecule has 0 aliphatic rings. The predicted molar refractivity (Wildman–Crippen MR) is 111 cm³/mol. The van der Waals surface area contributed by atoms with Crippen LogP contribution in [0.5, 0.6) is 5.75 Å². The Kier molecular flexibility index (Phi) is 7.27. The minimum absolute atomic E-state index is 0.00669. The van der Waals surface area contributed by atoms with Gasteiger partial charge in [0.15, 0.2) is 0 Å². The molecular formula is C22H22ClN3O2. The van der Waals surface area contributed by atoms with Gasteiger partial charge in [-0.1, -0.05) is 23.7 Å². The highest BCUT2D eigenvalue weighted by atomic mass is 35.5. The molecular weight excluding hydrogens is 374 g/mol. The van der Waals surface area contributed by atoms with Crippen LogP contribution in [0, 0.1) is 0 Å². The van der Waals surface area contributed by atoms with Crippen molar-refractivity contribution in [3.63, 3.8) is 0 Å². The second-order valence-corrected chi connectivity index (χ2v) is 6.68. The molecule has 5 nitrogen and oxygen atoms in total. The number of amides is 1. The largest absolute Gasteiger partial charge is 0.489 e. The van der Waals surface area contributed by atoms with Crippen LogP contribution in [0.4, 0.5) is 5.69 Å². The molecule has 1 aromatic heterocycles. The van der Waals surface area contributed by atoms with E-state index in [1.165, 1.54) is 0 Å². The second-order valence-electron chi connectivity index (χ2n) is 6.25. The molecule has 0 radical (unpaired) electrons. The molecule has 2 N–H and O–H groups in total. The topological polar surface area (TPSA) is 63.2 Å². The Hall–Kier alpha value is -3.05. The standard InChI is InChI=1S/C22H22ClN3O2/c23-19-3-1-18(2-4-19)16-28-21-7-5-20(6-8-21)25-14-11-22(27)26-15-17-9-12-24-13-10-17/h1-10,12-13,25H,11,14-16H2,(H,26,27). The number of hydrogen-bond donors (Lipinski definition) is 2. The zero-order valence-electron chi connectivity index (χ0n) is 15.4. The molecule has 1 heterocycles. The summed E-state index contributed by atoms with van der Waals surface area (Å²) in [5.74, 6) is 0.794. The van der Waals surface area contributed by atoms with Crippen molar-refractivity contribution in [1.82, 2.24) is 10.3 Å². The molecule has 144 valence electrons. The molecule has 0 saturated carbocycles. The van der Waals surface area contributed by atoms with E-state index in [0.29, 0.717) is 31.1 Å². The van der Waals surface area contributed by atoms with E-state index >= 15 is 0 Å². The molecule has 0 aliphatic heterocycles. The monoisotopic (exact) mass is 395 g/mol. The Morgan fingerprint density at radius 3 is 2.36 bits per heavy atom. The van der Waals surface area contributed by atoms with Gasteiger partial charge in [0.2, 0.25) is 5.91 Å². The Bertz CT molecular complexity index is 869. The maximum atomic E-state index is 11.9. The zero-order chi connectivity index (χ0) is 19.6. The lowest BCUT2D eigenvalue weighted by atomic mass is 10.2. The quantitative estimate of drug-likeness (QED) is 0.562. The van der Waals surface area contributed by atoms with Crippen LogP contribution in [0.15, 0.2) is 73.1 Å². The van der Waals surface area contributed by atoms with Crippen LogP contribution < -0.4 is 15.4 Å². The Labute approximate surface area is 169 Å². The maximum absolute atomic E-state index is 11.9. The van der Waals surface area contributed by atoms with Gasteiger partial charge in [0.05, 0.1) is 0 Å². The first kappa shape index (κ1) is 19.7. The van der Waals surface area contributed by atoms with E-state index < -0.39 is 0 Å². The number of anilines is 1. The van der Waals surface area contributed by atoms with E-state index in [9.17, 15) is 4.79 Å². The van der Waals surface area contributed by atoms with E-state index in [2.05, 4.69) is 15.6 Å². The number of nitrogens with zero attached hydrogens (tertiary/aromatic N) is 1. The number of nitrogens with one attached hydrogen (secondary N) is 2. The summed E-state index contributed by atoms with van der Waals surface area (Å²) in [6.45, 7) is 1.57. The van der Waals surface area contributed by atoms with Gasteiger partial charge in [-0.15, -0.1) is 0 Å². The first-order valence-electron chi connectivity index (χ1n) is 9.06.